The maximum Gasteiger partial charge on any atom is 0.416 e. The molecular formula is C30H33F3N6O2S. The molecule has 222 valence electrons. The predicted molar refractivity (Wildman–Crippen MR) is 159 cm³/mol. The summed E-state index contributed by atoms with van der Waals surface area (Å²) in [6.07, 6.45) is -1.05. The first-order valence-electron chi connectivity index (χ1n) is 13.9. The van der Waals surface area contributed by atoms with Gasteiger partial charge in [-0.25, -0.2) is 9.97 Å². The van der Waals surface area contributed by atoms with Crippen LogP contribution in [0, 0.1) is 5.92 Å². The second-order valence-electron chi connectivity index (χ2n) is 10.8. The number of benzene rings is 2. The number of carbonyl (C=O) groups is 1. The Hall–Kier alpha value is -3.77. The van der Waals surface area contributed by atoms with Crippen molar-refractivity contribution in [2.24, 2.45) is 5.92 Å². The third-order valence-corrected chi connectivity index (χ3v) is 7.87. The monoisotopic (exact) mass is 598 g/mol. The number of hydrogen-bond donors (Lipinski definition) is 2. The summed E-state index contributed by atoms with van der Waals surface area (Å²) in [6.45, 7) is 8.51. The fourth-order valence-electron chi connectivity index (χ4n) is 5.07. The van der Waals surface area contributed by atoms with Crippen LogP contribution in [0.1, 0.15) is 45.6 Å². The zero-order chi connectivity index (χ0) is 29.9. The molecule has 3 heterocycles. The summed E-state index contributed by atoms with van der Waals surface area (Å²) < 4.78 is 46.6. The number of ether oxygens (including phenoxy) is 1. The molecule has 0 unspecified atom stereocenters. The van der Waals surface area contributed by atoms with Crippen LogP contribution in [0.15, 0.2) is 48.5 Å². The number of nitrogens with zero attached hydrogens (tertiary/aromatic N) is 4. The minimum atomic E-state index is -4.44. The van der Waals surface area contributed by atoms with Gasteiger partial charge in [0.1, 0.15) is 5.52 Å². The van der Waals surface area contributed by atoms with E-state index in [4.69, 9.17) is 4.74 Å². The number of likely N-dealkylation sites (tertiary alicyclic amines) is 1. The number of fused-ring (bicyclic) bond motifs is 1. The molecule has 2 aromatic carbocycles. The van der Waals surface area contributed by atoms with Crippen LogP contribution >= 0.6 is 11.3 Å². The molecule has 0 radical (unpaired) electrons. The number of alkyl halides is 3. The molecule has 1 atom stereocenters. The van der Waals surface area contributed by atoms with Crippen molar-refractivity contribution in [3.05, 3.63) is 54.1 Å². The summed E-state index contributed by atoms with van der Waals surface area (Å²) in [5.41, 5.74) is 0.741. The Balaban J connectivity index is 1.46. The molecule has 1 fully saturated rings. The summed E-state index contributed by atoms with van der Waals surface area (Å²) in [7, 11) is 0. The topological polar surface area (TPSA) is 92.3 Å². The molecule has 42 heavy (non-hydrogen) atoms. The van der Waals surface area contributed by atoms with Gasteiger partial charge in [-0.05, 0) is 49.6 Å². The van der Waals surface area contributed by atoms with Crippen LogP contribution in [0.5, 0.6) is 11.6 Å². The van der Waals surface area contributed by atoms with Gasteiger partial charge in [-0.1, -0.05) is 49.8 Å². The number of hydrogen-bond acceptors (Lipinski definition) is 8. The number of nitrogens with one attached hydrogen (secondary N) is 2. The van der Waals surface area contributed by atoms with Gasteiger partial charge in [0.2, 0.25) is 17.7 Å². The fourth-order valence-corrected chi connectivity index (χ4v) is 6.00. The third kappa shape index (κ3) is 7.35. The summed E-state index contributed by atoms with van der Waals surface area (Å²) in [6, 6.07) is 12.2. The maximum atomic E-state index is 13.2. The zero-order valence-electron chi connectivity index (χ0n) is 23.7. The molecular weight excluding hydrogens is 565 g/mol. The van der Waals surface area contributed by atoms with Crippen LogP contribution < -0.4 is 15.4 Å². The Morgan fingerprint density at radius 2 is 1.90 bits per heavy atom. The van der Waals surface area contributed by atoms with E-state index in [0.29, 0.717) is 52.1 Å². The van der Waals surface area contributed by atoms with Crippen molar-refractivity contribution in [3.63, 3.8) is 0 Å². The van der Waals surface area contributed by atoms with Crippen LogP contribution in [0.25, 0.3) is 21.5 Å². The van der Waals surface area contributed by atoms with E-state index < -0.39 is 11.7 Å². The van der Waals surface area contributed by atoms with E-state index >= 15 is 0 Å². The second kappa shape index (κ2) is 12.6. The molecule has 2 aromatic heterocycles. The normalized spacial score (nSPS) is 16.1. The number of anilines is 2. The van der Waals surface area contributed by atoms with Gasteiger partial charge in [0.05, 0.1) is 16.0 Å². The number of piperidine rings is 1. The summed E-state index contributed by atoms with van der Waals surface area (Å²) in [5.74, 6) is 1.28. The maximum absolute atomic E-state index is 13.2. The van der Waals surface area contributed by atoms with Crippen molar-refractivity contribution in [2.45, 2.75) is 52.3 Å². The number of thiazole rings is 1. The number of para-hydroxylation sites is 1. The van der Waals surface area contributed by atoms with Crippen molar-refractivity contribution in [1.29, 1.82) is 0 Å². The lowest BCUT2D eigenvalue weighted by molar-refractivity contribution is -0.137. The number of rotatable bonds is 9. The minimum absolute atomic E-state index is 0.214. The minimum Gasteiger partial charge on any atom is -0.437 e. The van der Waals surface area contributed by atoms with Gasteiger partial charge in [-0.3, -0.25) is 9.69 Å². The Labute approximate surface area is 246 Å². The molecule has 1 aliphatic heterocycles. The lowest BCUT2D eigenvalue weighted by Gasteiger charge is -2.36. The van der Waals surface area contributed by atoms with E-state index in [1.165, 1.54) is 36.8 Å². The van der Waals surface area contributed by atoms with E-state index in [1.807, 2.05) is 12.1 Å². The molecule has 0 bridgehead atoms. The number of aromatic nitrogens is 3. The van der Waals surface area contributed by atoms with Crippen LogP contribution in [0.4, 0.5) is 24.3 Å². The molecule has 0 spiro atoms. The first kappa shape index (κ1) is 29.7. The largest absolute Gasteiger partial charge is 0.437 e. The van der Waals surface area contributed by atoms with Gasteiger partial charge in [0, 0.05) is 37.7 Å². The fraction of sp³-hybridized carbons (Fsp3) is 0.400. The van der Waals surface area contributed by atoms with Crippen molar-refractivity contribution in [2.75, 3.05) is 30.3 Å². The molecule has 4 aromatic rings. The highest BCUT2D eigenvalue weighted by Gasteiger charge is 2.30. The Morgan fingerprint density at radius 3 is 2.62 bits per heavy atom. The Morgan fingerprint density at radius 1 is 1.12 bits per heavy atom. The van der Waals surface area contributed by atoms with Gasteiger partial charge < -0.3 is 15.4 Å². The molecule has 12 heteroatoms. The van der Waals surface area contributed by atoms with Gasteiger partial charge in [-0.2, -0.15) is 18.2 Å². The lowest BCUT2D eigenvalue weighted by Crippen LogP contribution is -2.45. The van der Waals surface area contributed by atoms with Crippen LogP contribution in [0.3, 0.4) is 0 Å². The first-order chi connectivity index (χ1) is 20.0. The molecule has 1 aliphatic rings. The number of halogens is 3. The molecule has 1 amide bonds. The van der Waals surface area contributed by atoms with Crippen molar-refractivity contribution < 1.29 is 22.7 Å². The van der Waals surface area contributed by atoms with Crippen LogP contribution in [-0.2, 0) is 11.0 Å². The van der Waals surface area contributed by atoms with Crippen LogP contribution in [-0.4, -0.2) is 51.4 Å². The van der Waals surface area contributed by atoms with Crippen molar-refractivity contribution in [3.8, 4) is 22.9 Å². The van der Waals surface area contributed by atoms with Crippen molar-refractivity contribution >= 4 is 38.5 Å². The SMILES string of the molecule is CC(=O)Nc1nc2c(Oc3cc(-c4ccc(C(F)(F)F)cc4)nc(NC[C@@H]4CCCCN4CC(C)C)n3)cccc2s1. The molecule has 0 saturated carbocycles. The highest BCUT2D eigenvalue weighted by molar-refractivity contribution is 7.22. The van der Waals surface area contributed by atoms with E-state index in [-0.39, 0.29) is 11.8 Å². The number of amides is 1. The highest BCUT2D eigenvalue weighted by atomic mass is 32.1. The Bertz CT molecular complexity index is 1540. The molecule has 8 nitrogen and oxygen atoms in total. The third-order valence-electron chi connectivity index (χ3n) is 6.93. The molecule has 0 aliphatic carbocycles. The second-order valence-corrected chi connectivity index (χ2v) is 11.8. The predicted octanol–water partition coefficient (Wildman–Crippen LogP) is 7.45. The average molecular weight is 599 g/mol. The first-order valence-corrected chi connectivity index (χ1v) is 14.8. The zero-order valence-corrected chi connectivity index (χ0v) is 24.5. The van der Waals surface area contributed by atoms with Gasteiger partial charge >= 0.3 is 6.18 Å². The van der Waals surface area contributed by atoms with Gasteiger partial charge in [0.15, 0.2) is 10.9 Å². The van der Waals surface area contributed by atoms with Gasteiger partial charge in [-0.15, -0.1) is 0 Å². The highest BCUT2D eigenvalue weighted by Crippen LogP contribution is 2.36. The molecule has 1 saturated heterocycles. The number of carbonyl (C=O) groups excluding carboxylic acids is 1. The van der Waals surface area contributed by atoms with E-state index in [1.54, 1.807) is 12.1 Å². The standard InChI is InChI=1S/C30H33F3N6O2S/c1-18(2)17-39-14-5-4-7-22(39)16-34-28-36-23(20-10-12-21(13-11-20)30(31,32)33)15-26(37-28)41-24-8-6-9-25-27(24)38-29(42-25)35-19(3)40/h6,8-13,15,18,22H,4-5,7,14,16-17H2,1-3H3,(H,34,36,37)(H,35,38,40)/t22-/m0/s1. The Kier molecular flexibility index (Phi) is 8.93. The average Bonchev–Trinajstić information content (AvgIpc) is 3.34. The molecule has 2 N–H and O–H groups in total. The van der Waals surface area contributed by atoms with Crippen LogP contribution in [0.2, 0.25) is 0 Å². The quantitative estimate of drug-likeness (QED) is 0.207. The smallest absolute Gasteiger partial charge is 0.416 e. The molecule has 5 rings (SSSR count). The van der Waals surface area contributed by atoms with E-state index in [2.05, 4.69) is 44.3 Å². The summed E-state index contributed by atoms with van der Waals surface area (Å²) >= 11 is 1.32. The summed E-state index contributed by atoms with van der Waals surface area (Å²) in [5, 5.41) is 6.51. The summed E-state index contributed by atoms with van der Waals surface area (Å²) in [4.78, 5) is 27.8. The lowest BCUT2D eigenvalue weighted by atomic mass is 10.0. The van der Waals surface area contributed by atoms with Crippen molar-refractivity contribution in [1.82, 2.24) is 19.9 Å². The van der Waals surface area contributed by atoms with Gasteiger partial charge in [0.25, 0.3) is 0 Å². The van der Waals surface area contributed by atoms with E-state index in [9.17, 15) is 18.0 Å². The van der Waals surface area contributed by atoms with E-state index in [0.717, 1.165) is 42.8 Å².